The summed E-state index contributed by atoms with van der Waals surface area (Å²) in [5.41, 5.74) is 1.61. The SMILES string of the molecule is C=N/C(=N\C=C/C)c1nccc(N2CCc3c(F)ccc(OC)c3C2CC)n1. The highest BCUT2D eigenvalue weighted by Crippen LogP contribution is 2.41. The summed E-state index contributed by atoms with van der Waals surface area (Å²) in [5, 5.41) is 0. The van der Waals surface area contributed by atoms with Crippen LogP contribution in [-0.2, 0) is 6.42 Å². The number of aromatic nitrogens is 2. The molecule has 146 valence electrons. The number of aliphatic imine (C=N–C) groups is 2. The van der Waals surface area contributed by atoms with E-state index in [1.165, 1.54) is 6.07 Å². The molecule has 0 aliphatic carbocycles. The molecule has 1 atom stereocenters. The zero-order valence-corrected chi connectivity index (χ0v) is 16.4. The maximum absolute atomic E-state index is 14.4. The summed E-state index contributed by atoms with van der Waals surface area (Å²) in [6, 6.07) is 4.96. The number of allylic oxidation sites excluding steroid dienone is 1. The topological polar surface area (TPSA) is 63.0 Å². The first kappa shape index (κ1) is 19.7. The van der Waals surface area contributed by atoms with Crippen molar-refractivity contribution in [2.45, 2.75) is 32.7 Å². The molecule has 3 rings (SSSR count). The zero-order chi connectivity index (χ0) is 20.1. The maximum atomic E-state index is 14.4. The Kier molecular flexibility index (Phi) is 6.13. The Hall–Kier alpha value is -3.09. The molecule has 1 aliphatic rings. The zero-order valence-electron chi connectivity index (χ0n) is 16.4. The molecule has 1 aromatic heterocycles. The van der Waals surface area contributed by atoms with Crippen LogP contribution < -0.4 is 9.64 Å². The molecule has 6 nitrogen and oxygen atoms in total. The normalized spacial score (nSPS) is 16.9. The average molecular weight is 381 g/mol. The highest BCUT2D eigenvalue weighted by Gasteiger charge is 2.32. The van der Waals surface area contributed by atoms with E-state index in [-0.39, 0.29) is 11.9 Å². The number of benzene rings is 1. The van der Waals surface area contributed by atoms with Gasteiger partial charge in [0.2, 0.25) is 0 Å². The Morgan fingerprint density at radius 3 is 2.93 bits per heavy atom. The summed E-state index contributed by atoms with van der Waals surface area (Å²) in [7, 11) is 1.61. The van der Waals surface area contributed by atoms with Crippen LogP contribution >= 0.6 is 0 Å². The highest BCUT2D eigenvalue weighted by atomic mass is 19.1. The molecule has 1 unspecified atom stereocenters. The molecule has 7 heteroatoms. The number of halogens is 1. The van der Waals surface area contributed by atoms with Crippen LogP contribution in [-0.4, -0.2) is 36.2 Å². The van der Waals surface area contributed by atoms with Gasteiger partial charge in [-0.25, -0.2) is 24.3 Å². The second kappa shape index (κ2) is 8.73. The van der Waals surface area contributed by atoms with Crippen LogP contribution in [0.15, 0.2) is 46.7 Å². The number of hydrogen-bond donors (Lipinski definition) is 0. The molecule has 0 bridgehead atoms. The number of rotatable bonds is 5. The van der Waals surface area contributed by atoms with Crippen molar-refractivity contribution in [1.82, 2.24) is 9.97 Å². The lowest BCUT2D eigenvalue weighted by molar-refractivity contribution is 0.395. The third kappa shape index (κ3) is 3.65. The van der Waals surface area contributed by atoms with E-state index in [1.807, 2.05) is 13.0 Å². The molecule has 1 aliphatic heterocycles. The first-order valence-corrected chi connectivity index (χ1v) is 9.25. The third-order valence-electron chi connectivity index (χ3n) is 4.81. The fourth-order valence-corrected chi connectivity index (χ4v) is 3.59. The lowest BCUT2D eigenvalue weighted by Crippen LogP contribution is -2.37. The molecular weight excluding hydrogens is 357 g/mol. The van der Waals surface area contributed by atoms with Gasteiger partial charge in [-0.1, -0.05) is 13.0 Å². The standard InChI is InChI=1S/C21H24FN5O/c1-5-11-24-20(23-3)21-25-12-9-18(26-21)27-13-10-14-15(22)7-8-17(28-4)19(14)16(27)6-2/h5,7-9,11-12,16H,3,6,10,13H2,1-2,4H3/b11-5-,24-20-. The molecule has 0 saturated carbocycles. The molecular formula is C21H24FN5O. The predicted octanol–water partition coefficient (Wildman–Crippen LogP) is 4.12. The fourth-order valence-electron chi connectivity index (χ4n) is 3.59. The molecule has 0 N–H and O–H groups in total. The summed E-state index contributed by atoms with van der Waals surface area (Å²) in [5.74, 6) is 2.01. The maximum Gasteiger partial charge on any atom is 0.199 e. The van der Waals surface area contributed by atoms with E-state index in [0.29, 0.717) is 30.4 Å². The number of methoxy groups -OCH3 is 1. The first-order chi connectivity index (χ1) is 13.6. The van der Waals surface area contributed by atoms with Crippen molar-refractivity contribution >= 4 is 18.4 Å². The number of ether oxygens (including phenoxy) is 1. The molecule has 0 radical (unpaired) electrons. The van der Waals surface area contributed by atoms with Crippen molar-refractivity contribution in [3.8, 4) is 5.75 Å². The second-order valence-corrected chi connectivity index (χ2v) is 6.34. The number of anilines is 1. The number of amidine groups is 1. The van der Waals surface area contributed by atoms with Crippen LogP contribution in [0.25, 0.3) is 0 Å². The van der Waals surface area contributed by atoms with Crippen molar-refractivity contribution in [1.29, 1.82) is 0 Å². The van der Waals surface area contributed by atoms with E-state index < -0.39 is 0 Å². The van der Waals surface area contributed by atoms with Gasteiger partial charge in [0.1, 0.15) is 17.4 Å². The van der Waals surface area contributed by atoms with Crippen molar-refractivity contribution in [3.63, 3.8) is 0 Å². The van der Waals surface area contributed by atoms with Crippen LogP contribution in [0.4, 0.5) is 10.2 Å². The number of hydrogen-bond acceptors (Lipinski definition) is 5. The summed E-state index contributed by atoms with van der Waals surface area (Å²) in [6.07, 6.45) is 6.46. The van der Waals surface area contributed by atoms with Crippen molar-refractivity contribution in [3.05, 3.63) is 59.4 Å². The van der Waals surface area contributed by atoms with E-state index in [4.69, 9.17) is 4.74 Å². The van der Waals surface area contributed by atoms with Crippen LogP contribution in [0.2, 0.25) is 0 Å². The smallest absolute Gasteiger partial charge is 0.199 e. The fraction of sp³-hybridized carbons (Fsp3) is 0.333. The van der Waals surface area contributed by atoms with E-state index in [2.05, 4.69) is 38.5 Å². The minimum Gasteiger partial charge on any atom is -0.496 e. The van der Waals surface area contributed by atoms with Gasteiger partial charge in [0.15, 0.2) is 11.7 Å². The molecule has 0 fully saturated rings. The monoisotopic (exact) mass is 381 g/mol. The molecule has 0 spiro atoms. The lowest BCUT2D eigenvalue weighted by Gasteiger charge is -2.38. The molecule has 2 heterocycles. The van der Waals surface area contributed by atoms with Gasteiger partial charge in [-0.05, 0) is 50.2 Å². The minimum atomic E-state index is -0.186. The van der Waals surface area contributed by atoms with Crippen LogP contribution in [0.5, 0.6) is 5.75 Å². The van der Waals surface area contributed by atoms with Gasteiger partial charge in [-0.2, -0.15) is 0 Å². The van der Waals surface area contributed by atoms with Crippen LogP contribution in [0.1, 0.15) is 43.3 Å². The van der Waals surface area contributed by atoms with E-state index in [0.717, 1.165) is 23.4 Å². The van der Waals surface area contributed by atoms with Crippen molar-refractivity contribution in [2.24, 2.45) is 9.98 Å². The summed E-state index contributed by atoms with van der Waals surface area (Å²) in [4.78, 5) is 19.2. The predicted molar refractivity (Wildman–Crippen MR) is 110 cm³/mol. The van der Waals surface area contributed by atoms with E-state index >= 15 is 0 Å². The van der Waals surface area contributed by atoms with Gasteiger partial charge in [-0.15, -0.1) is 0 Å². The summed E-state index contributed by atoms with van der Waals surface area (Å²) < 4.78 is 20.0. The quantitative estimate of drug-likeness (QED) is 0.577. The molecule has 2 aromatic rings. The average Bonchev–Trinajstić information content (AvgIpc) is 2.74. The van der Waals surface area contributed by atoms with E-state index in [9.17, 15) is 4.39 Å². The molecule has 28 heavy (non-hydrogen) atoms. The van der Waals surface area contributed by atoms with Gasteiger partial charge in [-0.3, -0.25) is 0 Å². The molecule has 0 saturated heterocycles. The van der Waals surface area contributed by atoms with Gasteiger partial charge in [0, 0.05) is 24.5 Å². The van der Waals surface area contributed by atoms with Gasteiger partial charge >= 0.3 is 0 Å². The Bertz CT molecular complexity index is 925. The summed E-state index contributed by atoms with van der Waals surface area (Å²) in [6.45, 7) is 8.15. The molecule has 1 aromatic carbocycles. The Morgan fingerprint density at radius 1 is 1.43 bits per heavy atom. The highest BCUT2D eigenvalue weighted by molar-refractivity contribution is 5.98. The van der Waals surface area contributed by atoms with Crippen LogP contribution in [0.3, 0.4) is 0 Å². The minimum absolute atomic E-state index is 0.0511. The number of nitrogens with zero attached hydrogens (tertiary/aromatic N) is 5. The largest absolute Gasteiger partial charge is 0.496 e. The van der Waals surface area contributed by atoms with Gasteiger partial charge in [0.05, 0.1) is 13.2 Å². The van der Waals surface area contributed by atoms with Gasteiger partial charge in [0.25, 0.3) is 0 Å². The lowest BCUT2D eigenvalue weighted by atomic mass is 9.89. The van der Waals surface area contributed by atoms with Crippen molar-refractivity contribution < 1.29 is 9.13 Å². The number of fused-ring (bicyclic) bond motifs is 1. The van der Waals surface area contributed by atoms with E-state index in [1.54, 1.807) is 31.6 Å². The first-order valence-electron chi connectivity index (χ1n) is 9.25. The Balaban J connectivity index is 2.05. The van der Waals surface area contributed by atoms with Crippen LogP contribution in [0, 0.1) is 5.82 Å². The van der Waals surface area contributed by atoms with Gasteiger partial charge < -0.3 is 9.64 Å². The molecule has 0 amide bonds. The second-order valence-electron chi connectivity index (χ2n) is 6.34. The van der Waals surface area contributed by atoms with Crippen molar-refractivity contribution in [2.75, 3.05) is 18.6 Å². The third-order valence-corrected chi connectivity index (χ3v) is 4.81. The Labute approximate surface area is 164 Å². The summed E-state index contributed by atoms with van der Waals surface area (Å²) >= 11 is 0. The Morgan fingerprint density at radius 2 is 2.25 bits per heavy atom.